The van der Waals surface area contributed by atoms with Gasteiger partial charge < -0.3 is 19.5 Å². The SMILES string of the molecule is COCCC(C)N1CCOc2c(C(=O)O)cccc21. The molecule has 0 fully saturated rings. The van der Waals surface area contributed by atoms with Gasteiger partial charge in [-0.1, -0.05) is 6.07 Å². The summed E-state index contributed by atoms with van der Waals surface area (Å²) in [5.41, 5.74) is 1.08. The molecule has 2 rings (SSSR count). The average molecular weight is 265 g/mol. The van der Waals surface area contributed by atoms with E-state index in [1.54, 1.807) is 19.2 Å². The van der Waals surface area contributed by atoms with Crippen LogP contribution in [0.2, 0.25) is 0 Å². The highest BCUT2D eigenvalue weighted by Crippen LogP contribution is 2.36. The molecule has 0 saturated heterocycles. The van der Waals surface area contributed by atoms with E-state index < -0.39 is 5.97 Å². The van der Waals surface area contributed by atoms with E-state index in [1.807, 2.05) is 6.07 Å². The number of carboxylic acids is 1. The Morgan fingerprint density at radius 2 is 2.37 bits per heavy atom. The molecular formula is C14H19NO4. The highest BCUT2D eigenvalue weighted by atomic mass is 16.5. The molecule has 104 valence electrons. The number of fused-ring (bicyclic) bond motifs is 1. The molecule has 1 unspecified atom stereocenters. The molecule has 1 aliphatic heterocycles. The molecule has 0 spiro atoms. The van der Waals surface area contributed by atoms with Gasteiger partial charge in [0.15, 0.2) is 5.75 Å². The van der Waals surface area contributed by atoms with Gasteiger partial charge in [-0.25, -0.2) is 4.79 Å². The van der Waals surface area contributed by atoms with Crippen molar-refractivity contribution in [3.8, 4) is 5.75 Å². The van der Waals surface area contributed by atoms with Gasteiger partial charge in [-0.15, -0.1) is 0 Å². The first-order valence-electron chi connectivity index (χ1n) is 6.40. The molecule has 0 saturated carbocycles. The number of carbonyl (C=O) groups is 1. The fourth-order valence-corrected chi connectivity index (χ4v) is 2.34. The summed E-state index contributed by atoms with van der Waals surface area (Å²) in [6, 6.07) is 5.52. The molecular weight excluding hydrogens is 246 g/mol. The van der Waals surface area contributed by atoms with E-state index in [0.717, 1.165) is 18.7 Å². The second-order valence-electron chi connectivity index (χ2n) is 4.63. The third-order valence-corrected chi connectivity index (χ3v) is 3.38. The minimum atomic E-state index is -0.955. The van der Waals surface area contributed by atoms with E-state index in [1.165, 1.54) is 0 Å². The number of carboxylic acid groups (broad SMARTS) is 1. The van der Waals surface area contributed by atoms with E-state index >= 15 is 0 Å². The molecule has 0 aromatic heterocycles. The van der Waals surface area contributed by atoms with E-state index in [-0.39, 0.29) is 11.6 Å². The van der Waals surface area contributed by atoms with E-state index in [0.29, 0.717) is 19.0 Å². The molecule has 1 N–H and O–H groups in total. The normalized spacial score (nSPS) is 15.6. The largest absolute Gasteiger partial charge is 0.489 e. The molecule has 0 aliphatic carbocycles. The molecule has 1 aliphatic rings. The van der Waals surface area contributed by atoms with Crippen LogP contribution in [0.15, 0.2) is 18.2 Å². The molecule has 1 heterocycles. The summed E-state index contributed by atoms with van der Waals surface area (Å²) in [7, 11) is 1.68. The molecule has 1 aromatic carbocycles. The monoisotopic (exact) mass is 265 g/mol. The number of methoxy groups -OCH3 is 1. The van der Waals surface area contributed by atoms with Gasteiger partial charge in [0.25, 0.3) is 0 Å². The van der Waals surface area contributed by atoms with Crippen molar-refractivity contribution in [3.63, 3.8) is 0 Å². The van der Waals surface area contributed by atoms with Gasteiger partial charge in [0.1, 0.15) is 12.2 Å². The summed E-state index contributed by atoms with van der Waals surface area (Å²) in [4.78, 5) is 13.4. The average Bonchev–Trinajstić information content (AvgIpc) is 2.43. The van der Waals surface area contributed by atoms with Crippen LogP contribution in [-0.4, -0.2) is 44.0 Å². The van der Waals surface area contributed by atoms with E-state index in [9.17, 15) is 9.90 Å². The van der Waals surface area contributed by atoms with Gasteiger partial charge >= 0.3 is 5.97 Å². The minimum absolute atomic E-state index is 0.223. The number of hydrogen-bond donors (Lipinski definition) is 1. The molecule has 0 radical (unpaired) electrons. The predicted octanol–water partition coefficient (Wildman–Crippen LogP) is 2.01. The second kappa shape index (κ2) is 5.93. The van der Waals surface area contributed by atoms with E-state index in [4.69, 9.17) is 9.47 Å². The number of nitrogens with zero attached hydrogens (tertiary/aromatic N) is 1. The zero-order valence-electron chi connectivity index (χ0n) is 11.3. The van der Waals surface area contributed by atoms with Crippen molar-refractivity contribution in [3.05, 3.63) is 23.8 Å². The zero-order valence-corrected chi connectivity index (χ0v) is 11.3. The van der Waals surface area contributed by atoms with Crippen molar-refractivity contribution < 1.29 is 19.4 Å². The van der Waals surface area contributed by atoms with Crippen molar-refractivity contribution in [2.75, 3.05) is 31.8 Å². The lowest BCUT2D eigenvalue weighted by Gasteiger charge is -2.36. The van der Waals surface area contributed by atoms with Crippen molar-refractivity contribution >= 4 is 11.7 Å². The van der Waals surface area contributed by atoms with Crippen LogP contribution in [0.1, 0.15) is 23.7 Å². The van der Waals surface area contributed by atoms with Crippen LogP contribution in [0.4, 0.5) is 5.69 Å². The Hall–Kier alpha value is -1.75. The molecule has 0 bridgehead atoms. The van der Waals surface area contributed by atoms with Gasteiger partial charge in [-0.05, 0) is 25.5 Å². The van der Waals surface area contributed by atoms with Crippen LogP contribution in [-0.2, 0) is 4.74 Å². The van der Waals surface area contributed by atoms with Gasteiger partial charge in [-0.3, -0.25) is 0 Å². The number of aromatic carboxylic acids is 1. The quantitative estimate of drug-likeness (QED) is 0.882. The van der Waals surface area contributed by atoms with E-state index in [2.05, 4.69) is 11.8 Å². The Balaban J connectivity index is 2.29. The van der Waals surface area contributed by atoms with Crippen LogP contribution >= 0.6 is 0 Å². The Morgan fingerprint density at radius 3 is 3.05 bits per heavy atom. The third-order valence-electron chi connectivity index (χ3n) is 3.38. The summed E-state index contributed by atoms with van der Waals surface area (Å²) in [6.45, 7) is 4.07. The zero-order chi connectivity index (χ0) is 13.8. The fraction of sp³-hybridized carbons (Fsp3) is 0.500. The number of ether oxygens (including phenoxy) is 2. The molecule has 0 amide bonds. The first-order valence-corrected chi connectivity index (χ1v) is 6.40. The number of rotatable bonds is 5. The number of anilines is 1. The Kier molecular flexibility index (Phi) is 4.27. The van der Waals surface area contributed by atoms with Crippen molar-refractivity contribution in [1.29, 1.82) is 0 Å². The lowest BCUT2D eigenvalue weighted by Crippen LogP contribution is -2.40. The summed E-state index contributed by atoms with van der Waals surface area (Å²) in [5.74, 6) is -0.478. The molecule has 1 atom stereocenters. The van der Waals surface area contributed by atoms with Crippen molar-refractivity contribution in [2.45, 2.75) is 19.4 Å². The Morgan fingerprint density at radius 1 is 1.58 bits per heavy atom. The highest BCUT2D eigenvalue weighted by molar-refractivity contribution is 5.93. The fourth-order valence-electron chi connectivity index (χ4n) is 2.34. The standard InChI is InChI=1S/C14H19NO4/c1-10(6-8-18-2)15-7-9-19-13-11(14(16)17)4-3-5-12(13)15/h3-5,10H,6-9H2,1-2H3,(H,16,17). The number of para-hydroxylation sites is 1. The molecule has 5 nitrogen and oxygen atoms in total. The van der Waals surface area contributed by atoms with Crippen molar-refractivity contribution in [2.24, 2.45) is 0 Å². The second-order valence-corrected chi connectivity index (χ2v) is 4.63. The lowest BCUT2D eigenvalue weighted by molar-refractivity contribution is 0.0691. The van der Waals surface area contributed by atoms with Gasteiger partial charge in [0.2, 0.25) is 0 Å². The Labute approximate surface area is 112 Å². The van der Waals surface area contributed by atoms with Gasteiger partial charge in [-0.2, -0.15) is 0 Å². The van der Waals surface area contributed by atoms with Gasteiger partial charge in [0.05, 0.1) is 12.2 Å². The molecule has 1 aromatic rings. The van der Waals surface area contributed by atoms with Crippen LogP contribution in [0.5, 0.6) is 5.75 Å². The lowest BCUT2D eigenvalue weighted by atomic mass is 10.1. The third kappa shape index (κ3) is 2.81. The minimum Gasteiger partial charge on any atom is -0.489 e. The highest BCUT2D eigenvalue weighted by Gasteiger charge is 2.26. The molecule has 5 heteroatoms. The smallest absolute Gasteiger partial charge is 0.339 e. The maximum absolute atomic E-state index is 11.2. The number of hydrogen-bond acceptors (Lipinski definition) is 4. The predicted molar refractivity (Wildman–Crippen MR) is 72.2 cm³/mol. The van der Waals surface area contributed by atoms with Crippen LogP contribution in [0, 0.1) is 0 Å². The number of benzene rings is 1. The van der Waals surface area contributed by atoms with Crippen LogP contribution < -0.4 is 9.64 Å². The Bertz CT molecular complexity index is 461. The molecule has 19 heavy (non-hydrogen) atoms. The summed E-state index contributed by atoms with van der Waals surface area (Å²) in [5, 5.41) is 9.19. The van der Waals surface area contributed by atoms with Crippen LogP contribution in [0.3, 0.4) is 0 Å². The topological polar surface area (TPSA) is 59.0 Å². The first kappa shape index (κ1) is 13.7. The van der Waals surface area contributed by atoms with Crippen molar-refractivity contribution in [1.82, 2.24) is 0 Å². The summed E-state index contributed by atoms with van der Waals surface area (Å²) in [6.07, 6.45) is 0.896. The maximum Gasteiger partial charge on any atom is 0.339 e. The van der Waals surface area contributed by atoms with Gasteiger partial charge in [0, 0.05) is 19.8 Å². The summed E-state index contributed by atoms with van der Waals surface area (Å²) < 4.78 is 10.6. The van der Waals surface area contributed by atoms with Crippen LogP contribution in [0.25, 0.3) is 0 Å². The summed E-state index contributed by atoms with van der Waals surface area (Å²) >= 11 is 0. The maximum atomic E-state index is 11.2. The first-order chi connectivity index (χ1) is 9.15.